The van der Waals surface area contributed by atoms with Gasteiger partial charge in [0.25, 0.3) is 11.1 Å². The Labute approximate surface area is 338 Å². The van der Waals surface area contributed by atoms with Crippen LogP contribution in [0.15, 0.2) is 42.7 Å². The molecule has 0 spiro atoms. The predicted molar refractivity (Wildman–Crippen MR) is 222 cm³/mol. The summed E-state index contributed by atoms with van der Waals surface area (Å²) in [7, 11) is 0. The second kappa shape index (κ2) is 14.6. The highest BCUT2D eigenvalue weighted by Crippen LogP contribution is 2.41. The number of anilines is 2. The summed E-state index contributed by atoms with van der Waals surface area (Å²) in [5, 5.41) is 4.09. The molecular formula is C43H50F2N8O6. The number of nitrogens with zero attached hydrogens (tertiary/aromatic N) is 6. The van der Waals surface area contributed by atoms with Crippen LogP contribution in [0.1, 0.15) is 96.0 Å². The van der Waals surface area contributed by atoms with Crippen LogP contribution in [-0.2, 0) is 4.74 Å². The maximum Gasteiger partial charge on any atom is 0.407 e. The Morgan fingerprint density at radius 2 is 1.15 bits per heavy atom. The van der Waals surface area contributed by atoms with Crippen LogP contribution >= 0.6 is 0 Å². The van der Waals surface area contributed by atoms with E-state index in [9.17, 15) is 18.8 Å². The van der Waals surface area contributed by atoms with Crippen molar-refractivity contribution in [3.8, 4) is 0 Å². The molecule has 4 aromatic heterocycles. The topological polar surface area (TPSA) is 167 Å². The van der Waals surface area contributed by atoms with E-state index in [-0.39, 0.29) is 58.0 Å². The molecule has 6 heterocycles. The molecule has 6 aromatic rings. The molecule has 4 fully saturated rings. The van der Waals surface area contributed by atoms with Gasteiger partial charge in [0.2, 0.25) is 0 Å². The fraction of sp³-hybridized carbons (Fsp3) is 0.512. The first kappa shape index (κ1) is 39.0. The summed E-state index contributed by atoms with van der Waals surface area (Å²) in [4.78, 5) is 50.7. The number of hydrogen-bond acceptors (Lipinski definition) is 11. The molecule has 0 radical (unpaired) electrons. The molecule has 4 aliphatic rings. The van der Waals surface area contributed by atoms with Gasteiger partial charge in [-0.15, -0.1) is 0 Å². The summed E-state index contributed by atoms with van der Waals surface area (Å²) in [5.74, 6) is 0.143. The van der Waals surface area contributed by atoms with Gasteiger partial charge in [0.1, 0.15) is 17.2 Å². The van der Waals surface area contributed by atoms with Crippen molar-refractivity contribution in [2.75, 3.05) is 36.0 Å². The molecule has 2 aromatic carbocycles. The highest BCUT2D eigenvalue weighted by molar-refractivity contribution is 6.03. The van der Waals surface area contributed by atoms with Crippen LogP contribution in [-0.4, -0.2) is 69.1 Å². The van der Waals surface area contributed by atoms with Crippen molar-refractivity contribution in [2.24, 2.45) is 5.73 Å². The van der Waals surface area contributed by atoms with E-state index in [4.69, 9.17) is 19.3 Å². The van der Waals surface area contributed by atoms with Gasteiger partial charge < -0.3 is 43.6 Å². The SMILES string of the molecule is Cc1nc2c(=O)n(C3CC3)c3cc(N4CCC(N)CC4)c(F)cc3c2o1.Cc1nc2c(=O)n(C3CC3)c3cc(N4CCC(NC(=O)OC(C)(C)C)CC4)c(F)cc3c2o1. The highest BCUT2D eigenvalue weighted by Gasteiger charge is 2.32. The minimum absolute atomic E-state index is 0.0268. The molecule has 10 rings (SSSR count). The molecule has 3 N–H and O–H groups in total. The van der Waals surface area contributed by atoms with Crippen LogP contribution in [0.4, 0.5) is 25.0 Å². The van der Waals surface area contributed by atoms with Crippen LogP contribution in [0.3, 0.4) is 0 Å². The number of ether oxygens (including phenoxy) is 1. The number of halogens is 2. The van der Waals surface area contributed by atoms with E-state index in [0.717, 1.165) is 57.1 Å². The lowest BCUT2D eigenvalue weighted by Crippen LogP contribution is -2.46. The van der Waals surface area contributed by atoms with E-state index in [1.807, 2.05) is 30.6 Å². The molecule has 0 bridgehead atoms. The standard InChI is InChI=1S/C24H29FN4O4.C19H21FN4O2/c1-13-26-20-21(32-13)16-11-17(25)19(12-18(16)29(22(20)30)15-5-6-15)28-9-7-14(8-10-28)27-23(31)33-24(2,3)4;1-10-22-17-18(26-10)13-8-14(20)16(23-6-4-11(21)5-7-23)9-15(13)24(19(17)25)12-2-3-12/h11-12,14-15H,5-10H2,1-4H3,(H,27,31);8-9,11-12H,2-7,21H2,1H3. The molecule has 1 amide bonds. The molecule has 2 aliphatic carbocycles. The molecule has 2 saturated heterocycles. The minimum atomic E-state index is -0.552. The molecule has 59 heavy (non-hydrogen) atoms. The summed E-state index contributed by atoms with van der Waals surface area (Å²) >= 11 is 0. The van der Waals surface area contributed by atoms with E-state index in [2.05, 4.69) is 15.3 Å². The molecule has 14 nitrogen and oxygen atoms in total. The number of carbonyl (C=O) groups is 1. The number of pyridine rings is 2. The summed E-state index contributed by atoms with van der Waals surface area (Å²) in [6, 6.07) is 6.95. The van der Waals surface area contributed by atoms with E-state index in [1.54, 1.807) is 35.1 Å². The molecule has 2 saturated carbocycles. The average molecular weight is 813 g/mol. The molecule has 0 atom stereocenters. The second-order valence-electron chi connectivity index (χ2n) is 17.5. The van der Waals surface area contributed by atoms with Gasteiger partial charge in [-0.1, -0.05) is 0 Å². The molecule has 16 heteroatoms. The Balaban J connectivity index is 0.000000156. The van der Waals surface area contributed by atoms with Crippen molar-refractivity contribution in [3.63, 3.8) is 0 Å². The Morgan fingerprint density at radius 3 is 1.56 bits per heavy atom. The van der Waals surface area contributed by atoms with Gasteiger partial charge in [-0.05, 0) is 96.4 Å². The number of rotatable bonds is 5. The van der Waals surface area contributed by atoms with Gasteiger partial charge in [0.15, 0.2) is 34.0 Å². The maximum absolute atomic E-state index is 15.3. The summed E-state index contributed by atoms with van der Waals surface area (Å²) in [6.45, 7) is 11.5. The monoisotopic (exact) mass is 812 g/mol. The van der Waals surface area contributed by atoms with Crippen molar-refractivity contribution in [1.82, 2.24) is 24.4 Å². The third kappa shape index (κ3) is 7.51. The quantitative estimate of drug-likeness (QED) is 0.180. The molecular weight excluding hydrogens is 763 g/mol. The van der Waals surface area contributed by atoms with Crippen molar-refractivity contribution in [3.05, 3.63) is 68.4 Å². The third-order valence-electron chi connectivity index (χ3n) is 11.7. The first-order valence-corrected chi connectivity index (χ1v) is 20.7. The Morgan fingerprint density at radius 1 is 0.729 bits per heavy atom. The molecule has 2 aliphatic heterocycles. The smallest absolute Gasteiger partial charge is 0.407 e. The zero-order valence-electron chi connectivity index (χ0n) is 34.1. The second-order valence-corrected chi connectivity index (χ2v) is 17.5. The summed E-state index contributed by atoms with van der Waals surface area (Å²) < 4.78 is 50.5. The fourth-order valence-electron chi connectivity index (χ4n) is 8.57. The van der Waals surface area contributed by atoms with Gasteiger partial charge >= 0.3 is 6.09 Å². The van der Waals surface area contributed by atoms with E-state index in [1.165, 1.54) is 12.1 Å². The zero-order chi connectivity index (χ0) is 41.5. The number of oxazole rings is 2. The number of amides is 1. The van der Waals surface area contributed by atoms with E-state index < -0.39 is 11.7 Å². The number of nitrogens with one attached hydrogen (secondary N) is 1. The van der Waals surface area contributed by atoms with Gasteiger partial charge in [0.05, 0.1) is 22.4 Å². The third-order valence-corrected chi connectivity index (χ3v) is 11.7. The predicted octanol–water partition coefficient (Wildman–Crippen LogP) is 7.27. The van der Waals surface area contributed by atoms with Gasteiger partial charge in [-0.2, -0.15) is 0 Å². The lowest BCUT2D eigenvalue weighted by molar-refractivity contribution is 0.0497. The van der Waals surface area contributed by atoms with E-state index >= 15 is 4.39 Å². The number of benzene rings is 2. The Bertz CT molecular complexity index is 2740. The van der Waals surface area contributed by atoms with Crippen molar-refractivity contribution < 1.29 is 27.1 Å². The zero-order valence-corrected chi connectivity index (χ0v) is 34.1. The first-order valence-electron chi connectivity index (χ1n) is 20.7. The fourth-order valence-corrected chi connectivity index (χ4v) is 8.57. The van der Waals surface area contributed by atoms with Crippen molar-refractivity contribution in [2.45, 2.75) is 116 Å². The Hall–Kier alpha value is -5.51. The normalized spacial score (nSPS) is 18.2. The summed E-state index contributed by atoms with van der Waals surface area (Å²) in [5.41, 5.74) is 8.76. The maximum atomic E-state index is 15.3. The van der Waals surface area contributed by atoms with Crippen LogP contribution in [0.5, 0.6) is 0 Å². The number of nitrogens with two attached hydrogens (primary N) is 1. The number of fused-ring (bicyclic) bond motifs is 6. The van der Waals surface area contributed by atoms with Crippen molar-refractivity contribution >= 4 is 61.5 Å². The lowest BCUT2D eigenvalue weighted by atomic mass is 10.0. The number of alkyl carbamates (subject to hydrolysis) is 1. The van der Waals surface area contributed by atoms with Crippen LogP contribution < -0.4 is 32.0 Å². The lowest BCUT2D eigenvalue weighted by Gasteiger charge is -2.34. The van der Waals surface area contributed by atoms with E-state index in [0.29, 0.717) is 76.5 Å². The average Bonchev–Trinajstić information content (AvgIpc) is 4.11. The number of hydrogen-bond donors (Lipinski definition) is 2. The number of aromatic nitrogens is 4. The van der Waals surface area contributed by atoms with Gasteiger partial charge in [-0.25, -0.2) is 23.5 Å². The largest absolute Gasteiger partial charge is 0.444 e. The number of carbonyl (C=O) groups excluding carboxylic acids is 1. The van der Waals surface area contributed by atoms with Crippen LogP contribution in [0.2, 0.25) is 0 Å². The first-order chi connectivity index (χ1) is 28.1. The minimum Gasteiger partial charge on any atom is -0.444 e. The van der Waals surface area contributed by atoms with Gasteiger partial charge in [-0.3, -0.25) is 9.59 Å². The van der Waals surface area contributed by atoms with Crippen molar-refractivity contribution in [1.29, 1.82) is 0 Å². The van der Waals surface area contributed by atoms with Gasteiger partial charge in [0, 0.05) is 75.0 Å². The molecule has 312 valence electrons. The Kier molecular flexibility index (Phi) is 9.67. The highest BCUT2D eigenvalue weighted by atomic mass is 19.1. The summed E-state index contributed by atoms with van der Waals surface area (Å²) in [6.07, 6.45) is 6.36. The number of aryl methyl sites for hydroxylation is 2. The number of piperidine rings is 2. The van der Waals surface area contributed by atoms with Crippen LogP contribution in [0.25, 0.3) is 44.0 Å². The molecule has 0 unspecified atom stereocenters. The van der Waals surface area contributed by atoms with Crippen LogP contribution in [0, 0.1) is 25.5 Å².